The van der Waals surface area contributed by atoms with E-state index in [1.54, 1.807) is 64.3 Å². The maximum Gasteiger partial charge on any atom is 0.325 e. The van der Waals surface area contributed by atoms with Gasteiger partial charge in [0.15, 0.2) is 5.96 Å². The molecule has 38 nitrogen and oxygen atoms in total. The largest absolute Gasteiger partial charge is 0.508 e. The summed E-state index contributed by atoms with van der Waals surface area (Å²) in [5.41, 5.74) is 23.9. The number of carbonyl (C=O) groups excluding carboxylic acids is 14. The molecule has 14 amide bonds. The van der Waals surface area contributed by atoms with E-state index < -0.39 is 198 Å². The number of thiol groups is 1. The molecule has 4 rings (SSSR count). The van der Waals surface area contributed by atoms with Gasteiger partial charge in [-0.2, -0.15) is 24.4 Å². The van der Waals surface area contributed by atoms with E-state index in [2.05, 4.69) is 81.4 Å². The number of phenols is 1. The van der Waals surface area contributed by atoms with Crippen LogP contribution in [0.1, 0.15) is 150 Å². The van der Waals surface area contributed by atoms with Crippen LogP contribution in [0.5, 0.6) is 5.75 Å². The highest BCUT2D eigenvalue weighted by atomic mass is 32.2. The van der Waals surface area contributed by atoms with E-state index in [1.807, 2.05) is 13.8 Å². The van der Waals surface area contributed by atoms with Gasteiger partial charge in [-0.1, -0.05) is 96.8 Å². The fourth-order valence-electron chi connectivity index (χ4n) is 13.2. The van der Waals surface area contributed by atoms with Crippen molar-refractivity contribution in [1.29, 1.82) is 0 Å². The zero-order valence-corrected chi connectivity index (χ0v) is 70.5. The van der Waals surface area contributed by atoms with Gasteiger partial charge in [0.25, 0.3) is 0 Å². The second kappa shape index (κ2) is 51.4. The van der Waals surface area contributed by atoms with Gasteiger partial charge < -0.3 is 117 Å². The van der Waals surface area contributed by atoms with Crippen molar-refractivity contribution in [1.82, 2.24) is 73.6 Å². The summed E-state index contributed by atoms with van der Waals surface area (Å²) in [5.74, 6) is -14.3. The summed E-state index contributed by atoms with van der Waals surface area (Å²) in [6.45, 7) is 11.6. The number of likely N-dealkylation sites (tertiary alicyclic amines) is 2. The smallest absolute Gasteiger partial charge is 0.325 e. The molecular formula is C78H125N19O19S2. The number of nitrogens with zero attached hydrogens (tertiary/aromatic N) is 3. The SMILES string of the molecule is CC[C@H](C)[C@H](NC(=O)[C@@H]1CCCN1C(=O)[C@@H](NC(=O)[C@@H](N)CS)[C@@H](C)CC)C(=O)N[C@@H](Cc1ccccc1)C(=O)N1CCC[C@H]1C(=O)N[C@@H](CCCN=C(N)N)C(=O)N[C@@H](Cc1ccc(O)cc1)C(=O)N[C@@H](CC(C)C)C(=O)NCC(=O)N[C@H](C(=O)N[C@@H](CO)C(=O)N[C@@H](CCSC)C(=O)N[C@@H](CCCCN)C(=O)N[C@@H](C)C(=O)O)[C@@H](C)O. The molecule has 0 saturated carbocycles. The molecule has 2 heterocycles. The highest BCUT2D eigenvalue weighted by Crippen LogP contribution is 2.25. The van der Waals surface area contributed by atoms with Crippen molar-refractivity contribution in [2.24, 2.45) is 45.7 Å². The lowest BCUT2D eigenvalue weighted by Gasteiger charge is -2.34. The lowest BCUT2D eigenvalue weighted by Crippen LogP contribution is -2.61. The van der Waals surface area contributed by atoms with Crippen molar-refractivity contribution in [3.63, 3.8) is 0 Å². The molecule has 24 N–H and O–H groups in total. The Morgan fingerprint density at radius 1 is 0.551 bits per heavy atom. The predicted molar refractivity (Wildman–Crippen MR) is 444 cm³/mol. The van der Waals surface area contributed by atoms with Crippen LogP contribution in [-0.2, 0) is 84.8 Å². The standard InChI is InChI=1S/C78H125N19O19S2/c1-10-43(5)61(94-72(110)59-25-19-34-97(59)76(114)62(44(6)11-2)95-64(102)50(80)41-117)73(111)91-56(38-47-20-13-12-14-21-47)75(113)96-33-18-24-58(96)71(109)88-52(23-17-32-83-78(81)82)67(105)90-55(37-48-26-28-49(100)29-27-48)69(107)89-54(36-42(3)4)65(103)84-39-60(101)93-63(46(8)99)74(112)92-57(40-98)70(108)87-53(30-35-118-9)68(106)86-51(22-15-16-31-79)66(104)85-45(7)77(115)116/h12-14,20-21,26-29,42-46,50-59,61-63,98-100,117H,10-11,15-19,22-25,30-41,79-80H2,1-9H3,(H,84,103)(H,85,104)(H,86,106)(H,87,108)(H,88,109)(H,89,107)(H,90,105)(H,91,111)(H,92,112)(H,93,101)(H,94,110)(H,95,102)(H,115,116)(H4,81,82,83)/t43-,44-,45-,46+,50-,51-,52-,53-,54-,55-,56-,57-,58-,59-,61-,62-,63-/m0/s1. The molecule has 118 heavy (non-hydrogen) atoms. The second-order valence-electron chi connectivity index (χ2n) is 30.3. The van der Waals surface area contributed by atoms with Gasteiger partial charge in [-0.25, -0.2) is 0 Å². The van der Waals surface area contributed by atoms with Crippen molar-refractivity contribution in [2.75, 3.05) is 57.1 Å². The molecule has 2 saturated heterocycles. The Kier molecular flexibility index (Phi) is 43.8. The quantitative estimate of drug-likeness (QED) is 0.0132. The fraction of sp³-hybridized carbons (Fsp3) is 0.641. The number of unbranched alkanes of at least 4 members (excludes halogenated alkanes) is 1. The van der Waals surface area contributed by atoms with Gasteiger partial charge in [-0.15, -0.1) is 0 Å². The van der Waals surface area contributed by atoms with E-state index in [9.17, 15) is 87.5 Å². The van der Waals surface area contributed by atoms with Crippen molar-refractivity contribution in [3.8, 4) is 5.75 Å². The van der Waals surface area contributed by atoms with Crippen LogP contribution in [0.4, 0.5) is 0 Å². The number of aliphatic hydroxyl groups is 2. The van der Waals surface area contributed by atoms with E-state index in [0.717, 1.165) is 6.92 Å². The zero-order chi connectivity index (χ0) is 88.0. The van der Waals surface area contributed by atoms with Crippen LogP contribution in [0.15, 0.2) is 59.6 Å². The minimum atomic E-state index is -1.84. The van der Waals surface area contributed by atoms with Crippen molar-refractivity contribution in [2.45, 2.75) is 242 Å². The molecule has 0 spiro atoms. The minimum Gasteiger partial charge on any atom is -0.508 e. The molecule has 0 unspecified atom stereocenters. The number of hydrogen-bond donors (Lipinski definition) is 21. The molecule has 2 aromatic carbocycles. The first kappa shape index (κ1) is 100. The van der Waals surface area contributed by atoms with E-state index in [0.29, 0.717) is 55.4 Å². The maximum atomic E-state index is 15.2. The van der Waals surface area contributed by atoms with Gasteiger partial charge in [0.05, 0.1) is 25.3 Å². The monoisotopic (exact) mass is 1700 g/mol. The Balaban J connectivity index is 1.57. The molecule has 2 aliphatic rings. The molecular weight excluding hydrogens is 1570 g/mol. The number of rotatable bonds is 51. The van der Waals surface area contributed by atoms with E-state index in [4.69, 9.17) is 22.9 Å². The maximum absolute atomic E-state index is 15.2. The number of nitrogens with one attached hydrogen (secondary N) is 12. The summed E-state index contributed by atoms with van der Waals surface area (Å²) in [4.78, 5) is 217. The lowest BCUT2D eigenvalue weighted by molar-refractivity contribution is -0.144. The lowest BCUT2D eigenvalue weighted by atomic mass is 9.96. The first-order chi connectivity index (χ1) is 55.9. The number of nitrogens with two attached hydrogens (primary N) is 4. The van der Waals surface area contributed by atoms with Gasteiger partial charge in [-0.3, -0.25) is 76.9 Å². The molecule has 0 aromatic heterocycles. The van der Waals surface area contributed by atoms with Crippen LogP contribution < -0.4 is 86.7 Å². The molecule has 0 radical (unpaired) electrons. The second-order valence-corrected chi connectivity index (χ2v) is 31.7. The summed E-state index contributed by atoms with van der Waals surface area (Å²) in [5, 5.41) is 71.7. The summed E-state index contributed by atoms with van der Waals surface area (Å²) in [7, 11) is 0. The number of hydrogen-bond acceptors (Lipinski definition) is 23. The average molecular weight is 1700 g/mol. The van der Waals surface area contributed by atoms with Gasteiger partial charge in [0.2, 0.25) is 82.7 Å². The average Bonchev–Trinajstić information content (AvgIpc) is 1.65. The summed E-state index contributed by atoms with van der Waals surface area (Å²) in [6, 6.07) is -4.47. The van der Waals surface area contributed by atoms with Crippen molar-refractivity contribution in [3.05, 3.63) is 65.7 Å². The van der Waals surface area contributed by atoms with Crippen molar-refractivity contribution >= 4 is 119 Å². The van der Waals surface area contributed by atoms with Crippen LogP contribution in [0, 0.1) is 17.8 Å². The number of aliphatic hydroxyl groups excluding tert-OH is 2. The Labute approximate surface area is 698 Å². The topological polar surface area (TPSA) is 604 Å². The summed E-state index contributed by atoms with van der Waals surface area (Å²) >= 11 is 5.44. The highest BCUT2D eigenvalue weighted by molar-refractivity contribution is 7.98. The molecule has 2 fully saturated rings. The van der Waals surface area contributed by atoms with E-state index in [1.165, 1.54) is 52.8 Å². The zero-order valence-electron chi connectivity index (χ0n) is 68.8. The number of aliphatic imine (C=N–C) groups is 1. The first-order valence-corrected chi connectivity index (χ1v) is 42.1. The Morgan fingerprint density at radius 2 is 1.04 bits per heavy atom. The number of thioether (sulfide) groups is 1. The molecule has 17 atom stereocenters. The molecule has 0 bridgehead atoms. The summed E-state index contributed by atoms with van der Waals surface area (Å²) < 4.78 is 0. The minimum absolute atomic E-state index is 0.0168. The molecule has 40 heteroatoms. The molecule has 2 aromatic rings. The molecule has 0 aliphatic carbocycles. The predicted octanol–water partition coefficient (Wildman–Crippen LogP) is -3.58. The number of phenolic OH excluding ortho intramolecular Hbond substituents is 1. The third-order valence-electron chi connectivity index (χ3n) is 20.5. The Morgan fingerprint density at radius 3 is 1.59 bits per heavy atom. The van der Waals surface area contributed by atoms with Crippen LogP contribution in [-0.4, -0.2) is 273 Å². The number of amides is 14. The highest BCUT2D eigenvalue weighted by Gasteiger charge is 2.44. The molecule has 2 aliphatic heterocycles. The van der Waals surface area contributed by atoms with Gasteiger partial charge in [-0.05, 0) is 144 Å². The Bertz CT molecular complexity index is 3720. The number of carboxylic acids is 1. The van der Waals surface area contributed by atoms with Crippen LogP contribution in [0.2, 0.25) is 0 Å². The van der Waals surface area contributed by atoms with Crippen LogP contribution >= 0.6 is 24.4 Å². The number of aromatic hydroxyl groups is 1. The fourth-order valence-corrected chi connectivity index (χ4v) is 13.8. The number of guanidine groups is 1. The first-order valence-electron chi connectivity index (χ1n) is 40.1. The van der Waals surface area contributed by atoms with Crippen LogP contribution in [0.3, 0.4) is 0 Å². The number of aliphatic carboxylic acids is 1. The third-order valence-corrected chi connectivity index (χ3v) is 21.5. The van der Waals surface area contributed by atoms with Crippen LogP contribution in [0.25, 0.3) is 0 Å². The Hall–Kier alpha value is -9.90. The normalized spacial score (nSPS) is 17.7. The van der Waals surface area contributed by atoms with Crippen molar-refractivity contribution < 1.29 is 92.3 Å². The van der Waals surface area contributed by atoms with Gasteiger partial charge >= 0.3 is 5.97 Å². The third kappa shape index (κ3) is 32.8. The molecule has 658 valence electrons. The number of carboxylic acid groups (broad SMARTS) is 1. The van der Waals surface area contributed by atoms with E-state index in [-0.39, 0.29) is 113 Å². The van der Waals surface area contributed by atoms with Gasteiger partial charge in [0, 0.05) is 38.2 Å². The summed E-state index contributed by atoms with van der Waals surface area (Å²) in [6.07, 6.45) is 2.40. The van der Waals surface area contributed by atoms with Gasteiger partial charge in [0.1, 0.15) is 84.3 Å². The van der Waals surface area contributed by atoms with E-state index >= 15 is 4.79 Å². The number of carbonyl (C=O) groups is 15. The number of benzene rings is 2.